The van der Waals surface area contributed by atoms with Gasteiger partial charge in [-0.15, -0.1) is 0 Å². The van der Waals surface area contributed by atoms with Crippen LogP contribution in [0.5, 0.6) is 0 Å². The van der Waals surface area contributed by atoms with Crippen molar-refractivity contribution in [3.8, 4) is 0 Å². The summed E-state index contributed by atoms with van der Waals surface area (Å²) >= 11 is 0. The van der Waals surface area contributed by atoms with Gasteiger partial charge in [-0.25, -0.2) is 9.59 Å². The first-order valence-corrected chi connectivity index (χ1v) is 7.80. The van der Waals surface area contributed by atoms with Crippen LogP contribution in [0.25, 0.3) is 0 Å². The molecular weight excluding hydrogens is 296 g/mol. The third-order valence-corrected chi connectivity index (χ3v) is 3.49. The fourth-order valence-corrected chi connectivity index (χ4v) is 2.31. The molecule has 23 heavy (non-hydrogen) atoms. The van der Waals surface area contributed by atoms with Crippen LogP contribution >= 0.6 is 0 Å². The lowest BCUT2D eigenvalue weighted by molar-refractivity contribution is 0.0413. The normalized spacial score (nSPS) is 15.8. The monoisotopic (exact) mass is 326 g/mol. The molecule has 1 rings (SSSR count). The van der Waals surface area contributed by atoms with Gasteiger partial charge in [-0.2, -0.15) is 0 Å². The third-order valence-electron chi connectivity index (χ3n) is 3.49. The van der Waals surface area contributed by atoms with Crippen LogP contribution in [0.3, 0.4) is 0 Å². The smallest absolute Gasteiger partial charge is 0.339 e. The minimum absolute atomic E-state index is 0.0221. The first-order valence-electron chi connectivity index (χ1n) is 9.80. The van der Waals surface area contributed by atoms with E-state index in [1.165, 1.54) is 0 Å². The molecule has 2 N–H and O–H groups in total. The lowest BCUT2D eigenvalue weighted by Crippen LogP contribution is -2.17. The second-order valence-electron chi connectivity index (χ2n) is 5.59. The molecule has 0 radical (unpaired) electrons. The molecule has 2 unspecified atom stereocenters. The summed E-state index contributed by atoms with van der Waals surface area (Å²) in [6, 6.07) is -2.90. The van der Waals surface area contributed by atoms with E-state index < -0.39 is 53.3 Å². The van der Waals surface area contributed by atoms with Crippen LogP contribution in [0.4, 0.5) is 0 Å². The average Bonchev–Trinajstić information content (AvgIpc) is 2.59. The van der Waals surface area contributed by atoms with E-state index in [1.807, 2.05) is 6.92 Å². The SMILES string of the molecule is [2H]c1c([2H])c([2H])c(C(=O)OCC(CCC)CCCC(C)O)c(C(=O)O)c1[2H]. The maximum absolute atomic E-state index is 12.4. The second-order valence-corrected chi connectivity index (χ2v) is 5.59. The maximum Gasteiger partial charge on any atom is 0.339 e. The number of carboxylic acids is 1. The van der Waals surface area contributed by atoms with Gasteiger partial charge in [0.1, 0.15) is 0 Å². The minimum Gasteiger partial charge on any atom is -0.478 e. The highest BCUT2D eigenvalue weighted by atomic mass is 16.5. The highest BCUT2D eigenvalue weighted by Crippen LogP contribution is 2.18. The van der Waals surface area contributed by atoms with Gasteiger partial charge in [0.2, 0.25) is 0 Å². The Hall–Kier alpha value is -1.88. The number of aliphatic hydroxyl groups is 1. The van der Waals surface area contributed by atoms with E-state index in [2.05, 4.69) is 0 Å². The van der Waals surface area contributed by atoms with E-state index in [9.17, 15) is 19.8 Å². The van der Waals surface area contributed by atoms with Gasteiger partial charge in [-0.05, 0) is 44.2 Å². The van der Waals surface area contributed by atoms with E-state index in [-0.39, 0.29) is 12.5 Å². The van der Waals surface area contributed by atoms with Crippen molar-refractivity contribution >= 4 is 11.9 Å². The Labute approximate surface area is 142 Å². The number of esters is 1. The zero-order valence-corrected chi connectivity index (χ0v) is 13.5. The van der Waals surface area contributed by atoms with Crippen molar-refractivity contribution in [1.82, 2.24) is 0 Å². The Balaban J connectivity index is 3.00. The molecule has 5 nitrogen and oxygen atoms in total. The summed E-state index contributed by atoms with van der Waals surface area (Å²) in [6.45, 7) is 3.71. The molecule has 0 aliphatic rings. The molecule has 0 amide bonds. The Bertz CT molecular complexity index is 691. The highest BCUT2D eigenvalue weighted by Gasteiger charge is 2.18. The molecule has 0 bridgehead atoms. The summed E-state index contributed by atoms with van der Waals surface area (Å²) in [6.07, 6.45) is 3.35. The molecule has 128 valence electrons. The van der Waals surface area contributed by atoms with Gasteiger partial charge >= 0.3 is 11.9 Å². The summed E-state index contributed by atoms with van der Waals surface area (Å²) in [7, 11) is 0. The van der Waals surface area contributed by atoms with Crippen molar-refractivity contribution in [3.05, 3.63) is 35.3 Å². The van der Waals surface area contributed by atoms with Crippen LogP contribution in [0.15, 0.2) is 24.2 Å². The van der Waals surface area contributed by atoms with Crippen molar-refractivity contribution in [3.63, 3.8) is 0 Å². The Morgan fingerprint density at radius 1 is 1.22 bits per heavy atom. The molecule has 1 aromatic carbocycles. The standard InChI is InChI=1S/C18H26O5/c1-3-7-14(9-6-8-13(2)19)12-23-18(22)16-11-5-4-10-15(16)17(20)21/h4-5,10-11,13-14,19H,3,6-9,12H2,1-2H3,(H,20,21)/i4D,5D,10D,11D. The Kier molecular flexibility index (Phi) is 5.89. The predicted octanol–water partition coefficient (Wildman–Crippen LogP) is 3.51. The topological polar surface area (TPSA) is 83.8 Å². The number of ether oxygens (including phenoxy) is 1. The molecule has 0 heterocycles. The lowest BCUT2D eigenvalue weighted by Gasteiger charge is -2.17. The van der Waals surface area contributed by atoms with Gasteiger partial charge in [0, 0.05) is 0 Å². The largest absolute Gasteiger partial charge is 0.478 e. The van der Waals surface area contributed by atoms with Gasteiger partial charge < -0.3 is 14.9 Å². The molecule has 0 aromatic heterocycles. The molecule has 1 aromatic rings. The molecule has 2 atom stereocenters. The summed E-state index contributed by atoms with van der Waals surface area (Å²) in [5.74, 6) is -2.66. The van der Waals surface area contributed by atoms with Gasteiger partial charge in [-0.3, -0.25) is 0 Å². The predicted molar refractivity (Wildman–Crippen MR) is 87.6 cm³/mol. The lowest BCUT2D eigenvalue weighted by atomic mass is 9.97. The number of rotatable bonds is 10. The van der Waals surface area contributed by atoms with Crippen LogP contribution in [0.1, 0.15) is 72.2 Å². The van der Waals surface area contributed by atoms with E-state index in [0.717, 1.165) is 25.7 Å². The summed E-state index contributed by atoms with van der Waals surface area (Å²) < 4.78 is 36.0. The fraction of sp³-hybridized carbons (Fsp3) is 0.556. The molecule has 5 heteroatoms. The number of benzene rings is 1. The summed E-state index contributed by atoms with van der Waals surface area (Å²) in [5.41, 5.74) is -1.44. The van der Waals surface area contributed by atoms with Gasteiger partial charge in [0.15, 0.2) is 0 Å². The first-order chi connectivity index (χ1) is 12.6. The van der Waals surface area contributed by atoms with Gasteiger partial charge in [0.05, 0.1) is 29.3 Å². The van der Waals surface area contributed by atoms with Crippen molar-refractivity contribution < 1.29 is 30.0 Å². The van der Waals surface area contributed by atoms with Crippen LogP contribution in [-0.2, 0) is 4.74 Å². The molecule has 0 aliphatic heterocycles. The number of aromatic carboxylic acids is 1. The Morgan fingerprint density at radius 2 is 1.87 bits per heavy atom. The maximum atomic E-state index is 12.4. The third kappa shape index (κ3) is 6.82. The molecule has 0 saturated carbocycles. The zero-order valence-electron chi connectivity index (χ0n) is 17.5. The number of carboxylic acid groups (broad SMARTS) is 1. The number of hydrogen-bond donors (Lipinski definition) is 2. The van der Waals surface area contributed by atoms with E-state index in [4.69, 9.17) is 10.2 Å². The van der Waals surface area contributed by atoms with E-state index >= 15 is 0 Å². The van der Waals surface area contributed by atoms with Gasteiger partial charge in [-0.1, -0.05) is 31.9 Å². The zero-order chi connectivity index (χ0) is 20.7. The van der Waals surface area contributed by atoms with Crippen molar-refractivity contribution in [2.75, 3.05) is 6.61 Å². The van der Waals surface area contributed by atoms with E-state index in [0.29, 0.717) is 6.42 Å². The van der Waals surface area contributed by atoms with E-state index in [1.54, 1.807) is 6.92 Å². The molecule has 0 saturated heterocycles. The van der Waals surface area contributed by atoms with Crippen LogP contribution < -0.4 is 0 Å². The average molecular weight is 326 g/mol. The van der Waals surface area contributed by atoms with Crippen molar-refractivity contribution in [2.24, 2.45) is 5.92 Å². The highest BCUT2D eigenvalue weighted by molar-refractivity contribution is 6.02. The number of carbonyl (C=O) groups excluding carboxylic acids is 1. The molecule has 0 aliphatic carbocycles. The van der Waals surface area contributed by atoms with Crippen LogP contribution in [0.2, 0.25) is 0 Å². The number of hydrogen-bond acceptors (Lipinski definition) is 4. The summed E-state index contributed by atoms with van der Waals surface area (Å²) in [4.78, 5) is 23.9. The molecule has 0 fully saturated rings. The number of aliphatic hydroxyl groups excluding tert-OH is 1. The molecule has 0 spiro atoms. The second kappa shape index (κ2) is 10.0. The molecular formula is C18H26O5. The number of carbonyl (C=O) groups is 2. The minimum atomic E-state index is -1.61. The first kappa shape index (κ1) is 13.5. The fourth-order valence-electron chi connectivity index (χ4n) is 2.31. The van der Waals surface area contributed by atoms with Crippen LogP contribution in [0, 0.1) is 5.92 Å². The summed E-state index contributed by atoms with van der Waals surface area (Å²) in [5, 5.41) is 18.6. The van der Waals surface area contributed by atoms with Crippen molar-refractivity contribution in [2.45, 2.75) is 52.1 Å². The quantitative estimate of drug-likeness (QED) is 0.643. The van der Waals surface area contributed by atoms with Crippen LogP contribution in [-0.4, -0.2) is 34.9 Å². The van der Waals surface area contributed by atoms with Crippen molar-refractivity contribution in [1.29, 1.82) is 0 Å². The Morgan fingerprint density at radius 3 is 2.43 bits per heavy atom. The van der Waals surface area contributed by atoms with Gasteiger partial charge in [0.25, 0.3) is 0 Å².